The molecule has 0 fully saturated rings. The molecule has 0 unspecified atom stereocenters. The Morgan fingerprint density at radius 1 is 1.50 bits per heavy atom. The van der Waals surface area contributed by atoms with E-state index < -0.39 is 0 Å². The van der Waals surface area contributed by atoms with E-state index in [-0.39, 0.29) is 5.91 Å². The molecule has 2 heteroatoms. The van der Waals surface area contributed by atoms with Gasteiger partial charge in [0.05, 0.1) is 5.56 Å². The van der Waals surface area contributed by atoms with Crippen LogP contribution < -0.4 is 5.32 Å². The molecule has 1 aromatic carbocycles. The normalized spacial score (nSPS) is 8.67. The number of benzene rings is 1. The summed E-state index contributed by atoms with van der Waals surface area (Å²) in [6.45, 7) is 0. The van der Waals surface area contributed by atoms with Crippen molar-refractivity contribution in [3.05, 3.63) is 41.8 Å². The largest absolute Gasteiger partial charge is 0.355 e. The number of carbonyl (C=O) groups excluding carboxylic acids is 1. The molecule has 0 aromatic heterocycles. The Morgan fingerprint density at radius 2 is 2.17 bits per heavy atom. The molecule has 1 N–H and O–H groups in total. The minimum atomic E-state index is -0.189. The standard InChI is InChI=1S/C10H8NO/c1-3-8-6-4-5-7-9(8)10(12)11-2/h4-7H,2H3,(H,11,12). The summed E-state index contributed by atoms with van der Waals surface area (Å²) < 4.78 is 0. The summed E-state index contributed by atoms with van der Waals surface area (Å²) in [5.41, 5.74) is 0.992. The van der Waals surface area contributed by atoms with Crippen LogP contribution in [0.3, 0.4) is 0 Å². The number of hydrogen-bond donors (Lipinski definition) is 1. The second kappa shape index (κ2) is 3.59. The molecular weight excluding hydrogens is 150 g/mol. The van der Waals surface area contributed by atoms with Gasteiger partial charge in [-0.25, -0.2) is 0 Å². The number of carbonyl (C=O) groups is 1. The lowest BCUT2D eigenvalue weighted by Gasteiger charge is -2.00. The first-order valence-corrected chi connectivity index (χ1v) is 3.53. The summed E-state index contributed by atoms with van der Waals surface area (Å²) in [6, 6.07) is 6.86. The molecule has 0 saturated heterocycles. The van der Waals surface area contributed by atoms with E-state index in [1.54, 1.807) is 31.3 Å². The third kappa shape index (κ3) is 1.46. The summed E-state index contributed by atoms with van der Waals surface area (Å²) in [6.07, 6.45) is 6.92. The van der Waals surface area contributed by atoms with Crippen molar-refractivity contribution in [3.63, 3.8) is 0 Å². The molecule has 0 heterocycles. The van der Waals surface area contributed by atoms with Crippen LogP contribution in [0.15, 0.2) is 24.3 Å². The highest BCUT2D eigenvalue weighted by Gasteiger charge is 2.05. The third-order valence-electron chi connectivity index (χ3n) is 1.53. The van der Waals surface area contributed by atoms with Crippen molar-refractivity contribution < 1.29 is 4.79 Å². The lowest BCUT2D eigenvalue weighted by molar-refractivity contribution is 0.0963. The highest BCUT2D eigenvalue weighted by atomic mass is 16.1. The predicted molar refractivity (Wildman–Crippen MR) is 46.1 cm³/mol. The topological polar surface area (TPSA) is 29.1 Å². The predicted octanol–water partition coefficient (Wildman–Crippen LogP) is 0.984. The van der Waals surface area contributed by atoms with Crippen LogP contribution in [0.5, 0.6) is 0 Å². The van der Waals surface area contributed by atoms with E-state index in [1.807, 2.05) is 0 Å². The zero-order chi connectivity index (χ0) is 8.97. The van der Waals surface area contributed by atoms with Gasteiger partial charge in [0.1, 0.15) is 0 Å². The maximum Gasteiger partial charge on any atom is 0.252 e. The number of nitrogens with one attached hydrogen (secondary N) is 1. The van der Waals surface area contributed by atoms with Gasteiger partial charge in [-0.15, -0.1) is 0 Å². The van der Waals surface area contributed by atoms with Crippen LogP contribution >= 0.6 is 0 Å². The van der Waals surface area contributed by atoms with Gasteiger partial charge in [-0.2, -0.15) is 0 Å². The molecule has 12 heavy (non-hydrogen) atoms. The molecule has 0 bridgehead atoms. The molecule has 0 aliphatic carbocycles. The number of hydrogen-bond acceptors (Lipinski definition) is 1. The molecule has 2 nitrogen and oxygen atoms in total. The van der Waals surface area contributed by atoms with Crippen molar-refractivity contribution in [2.75, 3.05) is 7.05 Å². The van der Waals surface area contributed by atoms with E-state index in [0.29, 0.717) is 11.1 Å². The zero-order valence-electron chi connectivity index (χ0n) is 6.72. The summed E-state index contributed by atoms with van der Waals surface area (Å²) in [5.74, 6) is 2.01. The minimum absolute atomic E-state index is 0.189. The van der Waals surface area contributed by atoms with Gasteiger partial charge < -0.3 is 5.32 Å². The van der Waals surface area contributed by atoms with Gasteiger partial charge in [0.25, 0.3) is 5.91 Å². The van der Waals surface area contributed by atoms with Crippen molar-refractivity contribution >= 4 is 5.91 Å². The highest BCUT2D eigenvalue weighted by Crippen LogP contribution is 2.06. The minimum Gasteiger partial charge on any atom is -0.355 e. The summed E-state index contributed by atoms with van der Waals surface area (Å²) in [4.78, 5) is 11.2. The van der Waals surface area contributed by atoms with E-state index in [4.69, 9.17) is 6.42 Å². The van der Waals surface area contributed by atoms with Gasteiger partial charge in [-0.1, -0.05) is 18.1 Å². The fourth-order valence-corrected chi connectivity index (χ4v) is 0.925. The fraction of sp³-hybridized carbons (Fsp3) is 0.100. The van der Waals surface area contributed by atoms with Gasteiger partial charge >= 0.3 is 0 Å². The smallest absolute Gasteiger partial charge is 0.252 e. The average Bonchev–Trinajstić information content (AvgIpc) is 2.16. The SMILES string of the molecule is [C]#Cc1ccccc1C(=O)NC. The Hall–Kier alpha value is -1.75. The first-order valence-electron chi connectivity index (χ1n) is 3.53. The Morgan fingerprint density at radius 3 is 2.75 bits per heavy atom. The van der Waals surface area contributed by atoms with Crippen molar-refractivity contribution in [3.8, 4) is 5.92 Å². The third-order valence-corrected chi connectivity index (χ3v) is 1.53. The van der Waals surface area contributed by atoms with Gasteiger partial charge in [0.15, 0.2) is 0 Å². The van der Waals surface area contributed by atoms with Crippen LogP contribution in [0.2, 0.25) is 0 Å². The lowest BCUT2D eigenvalue weighted by Crippen LogP contribution is -2.18. The number of amides is 1. The number of rotatable bonds is 1. The molecule has 0 atom stereocenters. The molecule has 1 radical (unpaired) electrons. The Bertz CT molecular complexity index is 336. The highest BCUT2D eigenvalue weighted by molar-refractivity contribution is 5.96. The van der Waals surface area contributed by atoms with Crippen LogP contribution in [0.25, 0.3) is 0 Å². The van der Waals surface area contributed by atoms with Gasteiger partial charge in [-0.05, 0) is 18.6 Å². The Labute approximate surface area is 71.6 Å². The molecule has 1 rings (SSSR count). The molecule has 1 amide bonds. The Balaban J connectivity index is 3.16. The van der Waals surface area contributed by atoms with Gasteiger partial charge in [-0.3, -0.25) is 4.79 Å². The first-order chi connectivity index (χ1) is 5.79. The maximum atomic E-state index is 11.2. The van der Waals surface area contributed by atoms with Crippen LogP contribution in [0.1, 0.15) is 15.9 Å². The van der Waals surface area contributed by atoms with Crippen molar-refractivity contribution in [1.29, 1.82) is 0 Å². The molecule has 0 saturated carbocycles. The fourth-order valence-electron chi connectivity index (χ4n) is 0.925. The van der Waals surface area contributed by atoms with Crippen molar-refractivity contribution in [2.45, 2.75) is 0 Å². The van der Waals surface area contributed by atoms with Crippen LogP contribution in [-0.4, -0.2) is 13.0 Å². The van der Waals surface area contributed by atoms with Gasteiger partial charge in [0.2, 0.25) is 0 Å². The van der Waals surface area contributed by atoms with Crippen molar-refractivity contribution in [2.24, 2.45) is 0 Å². The quantitative estimate of drug-likeness (QED) is 0.606. The second-order valence-corrected chi connectivity index (χ2v) is 2.25. The molecule has 0 aliphatic rings. The maximum absolute atomic E-state index is 11.2. The van der Waals surface area contributed by atoms with E-state index >= 15 is 0 Å². The first kappa shape index (κ1) is 8.35. The zero-order valence-corrected chi connectivity index (χ0v) is 6.72. The van der Waals surface area contributed by atoms with Crippen LogP contribution in [0, 0.1) is 12.3 Å². The second-order valence-electron chi connectivity index (χ2n) is 2.25. The summed E-state index contributed by atoms with van der Waals surface area (Å²) in [5, 5.41) is 2.49. The Kier molecular flexibility index (Phi) is 2.49. The van der Waals surface area contributed by atoms with Crippen molar-refractivity contribution in [1.82, 2.24) is 5.32 Å². The van der Waals surface area contributed by atoms with E-state index in [9.17, 15) is 4.79 Å². The lowest BCUT2D eigenvalue weighted by atomic mass is 10.1. The molecular formula is C10H8NO. The summed E-state index contributed by atoms with van der Waals surface area (Å²) >= 11 is 0. The van der Waals surface area contributed by atoms with E-state index in [1.165, 1.54) is 0 Å². The van der Waals surface area contributed by atoms with Gasteiger partial charge in [0, 0.05) is 12.6 Å². The van der Waals surface area contributed by atoms with Crippen LogP contribution in [0.4, 0.5) is 0 Å². The average molecular weight is 158 g/mol. The molecule has 1 aromatic rings. The van der Waals surface area contributed by atoms with E-state index in [0.717, 1.165) is 0 Å². The summed E-state index contributed by atoms with van der Waals surface area (Å²) in [7, 11) is 1.56. The molecule has 0 aliphatic heterocycles. The molecule has 0 spiro atoms. The monoisotopic (exact) mass is 158 g/mol. The molecule has 59 valence electrons. The van der Waals surface area contributed by atoms with E-state index in [2.05, 4.69) is 11.2 Å². The van der Waals surface area contributed by atoms with Crippen LogP contribution in [-0.2, 0) is 0 Å².